The van der Waals surface area contributed by atoms with Gasteiger partial charge < -0.3 is 9.73 Å². The van der Waals surface area contributed by atoms with E-state index in [0.717, 1.165) is 26.9 Å². The molecule has 5 nitrogen and oxygen atoms in total. The number of rotatable bonds is 5. The number of aromatic nitrogens is 2. The predicted octanol–water partition coefficient (Wildman–Crippen LogP) is 4.85. The molecule has 2 aromatic carbocycles. The summed E-state index contributed by atoms with van der Waals surface area (Å²) in [4.78, 5) is 12.1. The lowest BCUT2D eigenvalue weighted by Gasteiger charge is -2.06. The van der Waals surface area contributed by atoms with Crippen LogP contribution >= 0.6 is 27.7 Å². The Labute approximate surface area is 158 Å². The number of carbonyl (C=O) groups excluding carboxylic acids is 1. The predicted molar refractivity (Wildman–Crippen MR) is 103 cm³/mol. The van der Waals surface area contributed by atoms with Crippen molar-refractivity contribution in [3.63, 3.8) is 0 Å². The molecule has 0 aliphatic rings. The van der Waals surface area contributed by atoms with Crippen molar-refractivity contribution < 1.29 is 9.21 Å². The lowest BCUT2D eigenvalue weighted by molar-refractivity contribution is -0.113. The van der Waals surface area contributed by atoms with Gasteiger partial charge in [0.25, 0.3) is 5.22 Å². The summed E-state index contributed by atoms with van der Waals surface area (Å²) in [5.74, 6) is 0.526. The van der Waals surface area contributed by atoms with Gasteiger partial charge in [0, 0.05) is 15.7 Å². The molecule has 0 radical (unpaired) electrons. The maximum atomic E-state index is 12.1. The first-order chi connectivity index (χ1) is 12.0. The van der Waals surface area contributed by atoms with Crippen LogP contribution in [-0.4, -0.2) is 21.9 Å². The first-order valence-corrected chi connectivity index (χ1v) is 9.38. The van der Waals surface area contributed by atoms with Gasteiger partial charge in [0.05, 0.1) is 5.75 Å². The van der Waals surface area contributed by atoms with Gasteiger partial charge in [0.15, 0.2) is 0 Å². The minimum absolute atomic E-state index is 0.113. The Morgan fingerprint density at radius 3 is 2.48 bits per heavy atom. The van der Waals surface area contributed by atoms with Crippen LogP contribution in [0.3, 0.4) is 0 Å². The van der Waals surface area contributed by atoms with Crippen LogP contribution in [0, 0.1) is 13.8 Å². The van der Waals surface area contributed by atoms with Crippen LogP contribution in [0.2, 0.25) is 0 Å². The molecule has 1 aromatic heterocycles. The van der Waals surface area contributed by atoms with E-state index in [-0.39, 0.29) is 11.7 Å². The number of halogens is 1. The number of hydrogen-bond donors (Lipinski definition) is 1. The first kappa shape index (κ1) is 17.7. The third kappa shape index (κ3) is 4.93. The average Bonchev–Trinajstić information content (AvgIpc) is 3.01. The second kappa shape index (κ2) is 7.84. The fourth-order valence-electron chi connectivity index (χ4n) is 2.35. The molecule has 0 unspecified atom stereocenters. The summed E-state index contributed by atoms with van der Waals surface area (Å²) in [5.41, 5.74) is 3.85. The van der Waals surface area contributed by atoms with E-state index < -0.39 is 0 Å². The molecule has 0 fully saturated rings. The summed E-state index contributed by atoms with van der Waals surface area (Å²) >= 11 is 4.60. The molecule has 3 rings (SSSR count). The molecule has 0 aliphatic carbocycles. The summed E-state index contributed by atoms with van der Waals surface area (Å²) in [6.45, 7) is 4.00. The molecule has 128 valence electrons. The molecule has 0 atom stereocenters. The molecule has 0 spiro atoms. The van der Waals surface area contributed by atoms with Gasteiger partial charge in [0.2, 0.25) is 11.8 Å². The molecular weight excluding hydrogens is 402 g/mol. The largest absolute Gasteiger partial charge is 0.411 e. The number of carbonyl (C=O) groups is 1. The molecule has 0 aliphatic heterocycles. The number of aryl methyl sites for hydroxylation is 2. The summed E-state index contributed by atoms with van der Waals surface area (Å²) in [5, 5.41) is 11.2. The number of amides is 1. The summed E-state index contributed by atoms with van der Waals surface area (Å²) in [6, 6.07) is 13.5. The van der Waals surface area contributed by atoms with E-state index in [1.807, 2.05) is 50.2 Å². The van der Waals surface area contributed by atoms with Crippen molar-refractivity contribution in [1.29, 1.82) is 0 Å². The van der Waals surface area contributed by atoms with Gasteiger partial charge in [-0.3, -0.25) is 4.79 Å². The number of nitrogens with zero attached hydrogens (tertiary/aromatic N) is 2. The fourth-order valence-corrected chi connectivity index (χ4v) is 3.18. The van der Waals surface area contributed by atoms with Gasteiger partial charge in [-0.05, 0) is 61.4 Å². The molecule has 0 saturated carbocycles. The van der Waals surface area contributed by atoms with E-state index in [1.165, 1.54) is 11.8 Å². The Hall–Kier alpha value is -2.12. The van der Waals surface area contributed by atoms with Crippen LogP contribution in [0.25, 0.3) is 11.5 Å². The minimum atomic E-state index is -0.113. The van der Waals surface area contributed by atoms with E-state index in [0.29, 0.717) is 11.1 Å². The van der Waals surface area contributed by atoms with Crippen LogP contribution in [-0.2, 0) is 4.79 Å². The van der Waals surface area contributed by atoms with Crippen molar-refractivity contribution in [2.45, 2.75) is 19.1 Å². The topological polar surface area (TPSA) is 68.0 Å². The van der Waals surface area contributed by atoms with E-state index >= 15 is 0 Å². The minimum Gasteiger partial charge on any atom is -0.411 e. The Morgan fingerprint density at radius 2 is 1.80 bits per heavy atom. The van der Waals surface area contributed by atoms with Crippen molar-refractivity contribution in [3.05, 3.63) is 58.1 Å². The quantitative estimate of drug-likeness (QED) is 0.601. The highest BCUT2D eigenvalue weighted by atomic mass is 79.9. The van der Waals surface area contributed by atoms with Gasteiger partial charge in [-0.1, -0.05) is 33.8 Å². The number of anilines is 1. The molecular formula is C18H16BrN3O2S. The van der Waals surface area contributed by atoms with Crippen LogP contribution in [0.4, 0.5) is 5.69 Å². The van der Waals surface area contributed by atoms with E-state index in [2.05, 4.69) is 37.5 Å². The highest BCUT2D eigenvalue weighted by Gasteiger charge is 2.11. The smallest absolute Gasteiger partial charge is 0.277 e. The van der Waals surface area contributed by atoms with E-state index in [1.54, 1.807) is 0 Å². The normalized spacial score (nSPS) is 10.7. The van der Waals surface area contributed by atoms with Crippen molar-refractivity contribution in [3.8, 4) is 11.5 Å². The van der Waals surface area contributed by atoms with Gasteiger partial charge in [-0.15, -0.1) is 10.2 Å². The first-order valence-electron chi connectivity index (χ1n) is 7.60. The average molecular weight is 418 g/mol. The second-order valence-electron chi connectivity index (χ2n) is 5.59. The summed E-state index contributed by atoms with van der Waals surface area (Å²) < 4.78 is 6.57. The van der Waals surface area contributed by atoms with E-state index in [9.17, 15) is 4.79 Å². The monoisotopic (exact) mass is 417 g/mol. The summed E-state index contributed by atoms with van der Waals surface area (Å²) in [7, 11) is 0. The third-order valence-corrected chi connectivity index (χ3v) is 4.68. The number of thioether (sulfide) groups is 1. The molecule has 1 heterocycles. The SMILES string of the molecule is Cc1cc(C)cc(NC(=O)CSc2nnc(-c3ccc(Br)cc3)o2)c1. The van der Waals surface area contributed by atoms with Gasteiger partial charge in [-0.2, -0.15) is 0 Å². The lowest BCUT2D eigenvalue weighted by Crippen LogP contribution is -2.14. The molecule has 3 aromatic rings. The maximum absolute atomic E-state index is 12.1. The molecule has 7 heteroatoms. The lowest BCUT2D eigenvalue weighted by atomic mass is 10.1. The Morgan fingerprint density at radius 1 is 1.12 bits per heavy atom. The summed E-state index contributed by atoms with van der Waals surface area (Å²) in [6.07, 6.45) is 0. The molecule has 25 heavy (non-hydrogen) atoms. The maximum Gasteiger partial charge on any atom is 0.277 e. The van der Waals surface area contributed by atoms with Crippen molar-refractivity contribution in [2.24, 2.45) is 0 Å². The molecule has 0 bridgehead atoms. The molecule has 0 saturated heterocycles. The number of benzene rings is 2. The standard InChI is InChI=1S/C18H16BrN3O2S/c1-11-7-12(2)9-15(8-11)20-16(23)10-25-18-22-21-17(24-18)13-3-5-14(19)6-4-13/h3-9H,10H2,1-2H3,(H,20,23). The zero-order valence-electron chi connectivity index (χ0n) is 13.7. The van der Waals surface area contributed by atoms with Crippen LogP contribution < -0.4 is 5.32 Å². The van der Waals surface area contributed by atoms with Crippen molar-refractivity contribution >= 4 is 39.3 Å². The van der Waals surface area contributed by atoms with Gasteiger partial charge >= 0.3 is 0 Å². The van der Waals surface area contributed by atoms with Crippen LogP contribution in [0.15, 0.2) is 56.6 Å². The van der Waals surface area contributed by atoms with Crippen LogP contribution in [0.1, 0.15) is 11.1 Å². The number of hydrogen-bond acceptors (Lipinski definition) is 5. The highest BCUT2D eigenvalue weighted by molar-refractivity contribution is 9.10. The Kier molecular flexibility index (Phi) is 5.55. The van der Waals surface area contributed by atoms with Gasteiger partial charge in [0.1, 0.15) is 0 Å². The Bertz CT molecular complexity index is 873. The Balaban J connectivity index is 1.58. The number of nitrogens with one attached hydrogen (secondary N) is 1. The molecule has 1 amide bonds. The molecule has 1 N–H and O–H groups in total. The third-order valence-electron chi connectivity index (χ3n) is 3.33. The van der Waals surface area contributed by atoms with Gasteiger partial charge in [-0.25, -0.2) is 0 Å². The fraction of sp³-hybridized carbons (Fsp3) is 0.167. The second-order valence-corrected chi connectivity index (χ2v) is 7.44. The van der Waals surface area contributed by atoms with Crippen LogP contribution in [0.5, 0.6) is 0 Å². The zero-order valence-corrected chi connectivity index (χ0v) is 16.1. The highest BCUT2D eigenvalue weighted by Crippen LogP contribution is 2.24. The van der Waals surface area contributed by atoms with Crippen molar-refractivity contribution in [1.82, 2.24) is 10.2 Å². The van der Waals surface area contributed by atoms with E-state index in [4.69, 9.17) is 4.42 Å². The van der Waals surface area contributed by atoms with Crippen molar-refractivity contribution in [2.75, 3.05) is 11.1 Å². The zero-order chi connectivity index (χ0) is 17.8.